The highest BCUT2D eigenvalue weighted by molar-refractivity contribution is 5.16. The maximum atomic E-state index is 4.14. The van der Waals surface area contributed by atoms with Gasteiger partial charge in [-0.15, -0.1) is 0 Å². The molecule has 6 unspecified atom stereocenters. The minimum atomic E-state index is 0.798. The smallest absolute Gasteiger partial charge is 0.0282 e. The summed E-state index contributed by atoms with van der Waals surface area (Å²) in [6.45, 7) is 28.4. The molecule has 0 heteroatoms. The van der Waals surface area contributed by atoms with Gasteiger partial charge in [0.1, 0.15) is 0 Å². The van der Waals surface area contributed by atoms with Crippen molar-refractivity contribution in [2.75, 3.05) is 0 Å². The molecule has 0 bridgehead atoms. The highest BCUT2D eigenvalue weighted by atomic mass is 14.2. The van der Waals surface area contributed by atoms with Crippen molar-refractivity contribution >= 4 is 0 Å². The zero-order chi connectivity index (χ0) is 33.2. The van der Waals surface area contributed by atoms with E-state index in [0.29, 0.717) is 0 Å². The number of rotatable bonds is 31. The Balaban J connectivity index is 3.93. The van der Waals surface area contributed by atoms with E-state index in [9.17, 15) is 0 Å². The van der Waals surface area contributed by atoms with Gasteiger partial charge in [0.25, 0.3) is 0 Å². The zero-order valence-corrected chi connectivity index (χ0v) is 32.5. The van der Waals surface area contributed by atoms with Gasteiger partial charge in [0.05, 0.1) is 0 Å². The minimum Gasteiger partial charge on any atom is -0.0988 e. The van der Waals surface area contributed by atoms with Crippen LogP contribution in [-0.2, 0) is 0 Å². The van der Waals surface area contributed by atoms with Crippen LogP contribution in [0.4, 0.5) is 0 Å². The van der Waals surface area contributed by atoms with E-state index in [1.54, 1.807) is 0 Å². The predicted molar refractivity (Wildman–Crippen MR) is 205 cm³/mol. The molecule has 0 N–H and O–H groups in total. The lowest BCUT2D eigenvalue weighted by Crippen LogP contribution is -2.02. The van der Waals surface area contributed by atoms with Crippen LogP contribution in [-0.4, -0.2) is 0 Å². The van der Waals surface area contributed by atoms with E-state index in [0.717, 1.165) is 47.3 Å². The van der Waals surface area contributed by atoms with Gasteiger partial charge in [0.15, 0.2) is 0 Å². The van der Waals surface area contributed by atoms with Crippen molar-refractivity contribution in [2.24, 2.45) is 47.3 Å². The van der Waals surface area contributed by atoms with Crippen LogP contribution in [0.25, 0.3) is 0 Å². The van der Waals surface area contributed by atoms with Gasteiger partial charge in [-0.05, 0) is 66.6 Å². The number of allylic oxidation sites excluding steroid dienone is 3. The molecule has 0 fully saturated rings. The third-order valence-corrected chi connectivity index (χ3v) is 10.7. The van der Waals surface area contributed by atoms with Gasteiger partial charge in [-0.25, -0.2) is 0 Å². The van der Waals surface area contributed by atoms with Crippen LogP contribution in [0.1, 0.15) is 210 Å². The highest BCUT2D eigenvalue weighted by Gasteiger charge is 2.10. The molecule has 0 rings (SSSR count). The van der Waals surface area contributed by atoms with Crippen LogP contribution < -0.4 is 0 Å². The van der Waals surface area contributed by atoms with Crippen LogP contribution in [0, 0.1) is 47.3 Å². The molecule has 0 aliphatic rings. The molecule has 262 valence electrons. The minimum absolute atomic E-state index is 0.798. The highest BCUT2D eigenvalue weighted by Crippen LogP contribution is 2.26. The molecule has 0 aromatic heterocycles. The van der Waals surface area contributed by atoms with E-state index >= 15 is 0 Å². The van der Waals surface area contributed by atoms with Crippen molar-refractivity contribution in [2.45, 2.75) is 210 Å². The first-order valence-electron chi connectivity index (χ1n) is 20.2. The Hall–Kier alpha value is -0.520. The summed E-state index contributed by atoms with van der Waals surface area (Å²) in [5.74, 6) is 7.04. The van der Waals surface area contributed by atoms with Crippen molar-refractivity contribution in [3.63, 3.8) is 0 Å². The van der Waals surface area contributed by atoms with E-state index in [-0.39, 0.29) is 0 Å². The lowest BCUT2D eigenvalue weighted by atomic mass is 9.90. The normalized spacial score (nSPS) is 16.7. The fraction of sp³-hybridized carbons (Fsp3) is 0.909. The maximum Gasteiger partial charge on any atom is -0.0282 e. The van der Waals surface area contributed by atoms with Crippen LogP contribution in [0.2, 0.25) is 0 Å². The summed E-state index contributed by atoms with van der Waals surface area (Å²) in [6.07, 6.45) is 35.4. The summed E-state index contributed by atoms with van der Waals surface area (Å²) in [5, 5.41) is 0. The Morgan fingerprint density at radius 1 is 0.386 bits per heavy atom. The Bertz CT molecular complexity index is 653. The van der Waals surface area contributed by atoms with Gasteiger partial charge >= 0.3 is 0 Å². The first-order chi connectivity index (χ1) is 20.9. The third-order valence-electron chi connectivity index (χ3n) is 10.7. The Morgan fingerprint density at radius 3 is 0.955 bits per heavy atom. The lowest BCUT2D eigenvalue weighted by Gasteiger charge is -2.16. The second-order valence-electron chi connectivity index (χ2n) is 17.1. The van der Waals surface area contributed by atoms with Crippen molar-refractivity contribution in [3.8, 4) is 0 Å². The second-order valence-corrected chi connectivity index (χ2v) is 17.1. The molecule has 44 heavy (non-hydrogen) atoms. The van der Waals surface area contributed by atoms with Crippen LogP contribution in [0.3, 0.4) is 0 Å². The molecule has 0 saturated carbocycles. The van der Waals surface area contributed by atoms with E-state index in [4.69, 9.17) is 0 Å². The summed E-state index contributed by atoms with van der Waals surface area (Å²) >= 11 is 0. The standard InChI is InChI=1S/C44H86/c1-12-44(35-34-43(11)31-18-30-41(9)27-16-25-39(7)23-14-21-37(4)5)33-19-32-42(10)29-17-28-40(8)26-15-24-38(6)22-13-20-36(2)3/h12,35-43H,1,13-34H2,2-11H3. The molecule has 0 heterocycles. The Kier molecular flexibility index (Phi) is 28.3. The van der Waals surface area contributed by atoms with Crippen molar-refractivity contribution in [3.05, 3.63) is 24.3 Å². The summed E-state index contributed by atoms with van der Waals surface area (Å²) in [5.41, 5.74) is 1.49. The molecule has 0 radical (unpaired) electrons. The molecule has 0 spiro atoms. The van der Waals surface area contributed by atoms with Crippen LogP contribution >= 0.6 is 0 Å². The molecular weight excluding hydrogens is 528 g/mol. The first kappa shape index (κ1) is 43.5. The molecule has 0 aliphatic carbocycles. The van der Waals surface area contributed by atoms with Gasteiger partial charge in [-0.1, -0.05) is 216 Å². The average Bonchev–Trinajstić information content (AvgIpc) is 2.94. The zero-order valence-electron chi connectivity index (χ0n) is 32.5. The third kappa shape index (κ3) is 28.9. The fourth-order valence-corrected chi connectivity index (χ4v) is 7.14. The van der Waals surface area contributed by atoms with Gasteiger partial charge in [-0.3, -0.25) is 0 Å². The monoisotopic (exact) mass is 615 g/mol. The van der Waals surface area contributed by atoms with E-state index < -0.39 is 0 Å². The first-order valence-corrected chi connectivity index (χ1v) is 20.2. The number of hydrogen-bond acceptors (Lipinski definition) is 0. The molecule has 6 atom stereocenters. The topological polar surface area (TPSA) is 0 Å². The molecule has 0 amide bonds. The van der Waals surface area contributed by atoms with Crippen LogP contribution in [0.15, 0.2) is 24.3 Å². The Labute approximate surface area is 281 Å². The van der Waals surface area contributed by atoms with Gasteiger partial charge in [-0.2, -0.15) is 0 Å². The largest absolute Gasteiger partial charge is 0.0988 e. The van der Waals surface area contributed by atoms with E-state index in [1.165, 1.54) is 147 Å². The molecule has 0 saturated heterocycles. The lowest BCUT2D eigenvalue weighted by molar-refractivity contribution is 0.372. The van der Waals surface area contributed by atoms with Crippen LogP contribution in [0.5, 0.6) is 0 Å². The summed E-state index contributed by atoms with van der Waals surface area (Å²) in [7, 11) is 0. The van der Waals surface area contributed by atoms with E-state index in [2.05, 4.69) is 88.0 Å². The predicted octanol–water partition coefficient (Wildman–Crippen LogP) is 15.8. The van der Waals surface area contributed by atoms with Crippen molar-refractivity contribution < 1.29 is 0 Å². The van der Waals surface area contributed by atoms with Crippen molar-refractivity contribution in [1.29, 1.82) is 0 Å². The quantitative estimate of drug-likeness (QED) is 0.0681. The van der Waals surface area contributed by atoms with Gasteiger partial charge in [0.2, 0.25) is 0 Å². The van der Waals surface area contributed by atoms with E-state index in [1.807, 2.05) is 0 Å². The van der Waals surface area contributed by atoms with Gasteiger partial charge in [0, 0.05) is 0 Å². The molecular formula is C44H86. The van der Waals surface area contributed by atoms with Crippen molar-refractivity contribution in [1.82, 2.24) is 0 Å². The Morgan fingerprint density at radius 2 is 0.659 bits per heavy atom. The summed E-state index contributed by atoms with van der Waals surface area (Å²) in [6, 6.07) is 0. The molecule has 0 nitrogen and oxygen atoms in total. The molecule has 0 aromatic carbocycles. The second kappa shape index (κ2) is 28.7. The number of hydrogen-bond donors (Lipinski definition) is 0. The molecule has 0 aliphatic heterocycles. The maximum absolute atomic E-state index is 4.14. The van der Waals surface area contributed by atoms with Gasteiger partial charge < -0.3 is 0 Å². The molecule has 0 aromatic rings. The SMILES string of the molecule is C=CC(=CCC(C)CCCC(C)CCCC(C)CCCC(C)C)CCCC(C)CCCC(C)CCCC(C)CCCC(C)C. The fourth-order valence-electron chi connectivity index (χ4n) is 7.14. The average molecular weight is 615 g/mol. The summed E-state index contributed by atoms with van der Waals surface area (Å²) < 4.78 is 0. The summed E-state index contributed by atoms with van der Waals surface area (Å²) in [4.78, 5) is 0.